The second-order valence-electron chi connectivity index (χ2n) is 8.91. The van der Waals surface area contributed by atoms with E-state index in [1.165, 1.54) is 5.56 Å². The van der Waals surface area contributed by atoms with Crippen molar-refractivity contribution < 1.29 is 14.8 Å². The molecule has 3 N–H and O–H groups in total. The molecule has 29 heavy (non-hydrogen) atoms. The zero-order valence-electron chi connectivity index (χ0n) is 17.2. The van der Waals surface area contributed by atoms with E-state index >= 15 is 0 Å². The molecular weight excluding hydrogens is 368 g/mol. The molecule has 1 aromatic heterocycles. The lowest BCUT2D eigenvalue weighted by Gasteiger charge is -2.27. The molecule has 0 bridgehead atoms. The SMILES string of the molecule is CCCC[C@H](CC(=O)NO)C(=O)N1CC2(CC2)C[C@@H]1c1nc2ccc(C)cc2[nH]1. The van der Waals surface area contributed by atoms with Crippen LogP contribution in [-0.2, 0) is 9.59 Å². The molecule has 1 saturated carbocycles. The lowest BCUT2D eigenvalue weighted by Crippen LogP contribution is -2.38. The van der Waals surface area contributed by atoms with Crippen LogP contribution in [0.2, 0.25) is 0 Å². The number of aromatic amines is 1. The average molecular weight is 399 g/mol. The van der Waals surface area contributed by atoms with Gasteiger partial charge in [-0.15, -0.1) is 0 Å². The van der Waals surface area contributed by atoms with Crippen LogP contribution in [0, 0.1) is 18.3 Å². The minimum absolute atomic E-state index is 0.00691. The molecule has 2 aromatic rings. The maximum atomic E-state index is 13.5. The van der Waals surface area contributed by atoms with Crippen molar-refractivity contribution in [1.29, 1.82) is 0 Å². The van der Waals surface area contributed by atoms with E-state index in [2.05, 4.69) is 24.9 Å². The van der Waals surface area contributed by atoms with E-state index in [9.17, 15) is 9.59 Å². The van der Waals surface area contributed by atoms with Gasteiger partial charge >= 0.3 is 0 Å². The monoisotopic (exact) mass is 398 g/mol. The van der Waals surface area contributed by atoms with Gasteiger partial charge in [0.1, 0.15) is 5.82 Å². The smallest absolute Gasteiger partial charge is 0.244 e. The number of imidazole rings is 1. The van der Waals surface area contributed by atoms with E-state index in [1.54, 1.807) is 5.48 Å². The Kier molecular flexibility index (Phi) is 5.34. The van der Waals surface area contributed by atoms with Crippen LogP contribution in [0.4, 0.5) is 0 Å². The van der Waals surface area contributed by atoms with Crippen molar-refractivity contribution in [3.8, 4) is 0 Å². The summed E-state index contributed by atoms with van der Waals surface area (Å²) in [6.07, 6.45) is 5.71. The fourth-order valence-corrected chi connectivity index (χ4v) is 4.64. The Bertz CT molecular complexity index is 918. The Labute approximate surface area is 170 Å². The van der Waals surface area contributed by atoms with Gasteiger partial charge < -0.3 is 9.88 Å². The van der Waals surface area contributed by atoms with E-state index in [-0.39, 0.29) is 23.8 Å². The van der Waals surface area contributed by atoms with E-state index in [0.717, 1.165) is 55.5 Å². The quantitative estimate of drug-likeness (QED) is 0.490. The van der Waals surface area contributed by atoms with E-state index in [4.69, 9.17) is 10.2 Å². The molecule has 0 unspecified atom stereocenters. The maximum Gasteiger partial charge on any atom is 0.244 e. The second-order valence-corrected chi connectivity index (χ2v) is 8.91. The number of hydrogen-bond donors (Lipinski definition) is 3. The third-order valence-electron chi connectivity index (χ3n) is 6.53. The Morgan fingerprint density at radius 2 is 2.21 bits per heavy atom. The number of hydrogen-bond acceptors (Lipinski definition) is 4. The third-order valence-corrected chi connectivity index (χ3v) is 6.53. The van der Waals surface area contributed by atoms with Crippen LogP contribution in [0.15, 0.2) is 18.2 Å². The first-order valence-electron chi connectivity index (χ1n) is 10.6. The van der Waals surface area contributed by atoms with Gasteiger partial charge in [0.15, 0.2) is 0 Å². The molecule has 7 heteroatoms. The predicted octanol–water partition coefficient (Wildman–Crippen LogP) is 3.63. The normalized spacial score (nSPS) is 20.9. The average Bonchev–Trinajstić information content (AvgIpc) is 3.16. The molecule has 7 nitrogen and oxygen atoms in total. The molecule has 2 atom stereocenters. The van der Waals surface area contributed by atoms with Crippen LogP contribution >= 0.6 is 0 Å². The van der Waals surface area contributed by atoms with Gasteiger partial charge in [0.2, 0.25) is 11.8 Å². The van der Waals surface area contributed by atoms with Gasteiger partial charge in [-0.2, -0.15) is 0 Å². The Balaban J connectivity index is 1.61. The van der Waals surface area contributed by atoms with Gasteiger partial charge in [0, 0.05) is 18.9 Å². The van der Waals surface area contributed by atoms with Crippen LogP contribution < -0.4 is 5.48 Å². The summed E-state index contributed by atoms with van der Waals surface area (Å²) in [6.45, 7) is 4.85. The number of benzene rings is 1. The van der Waals surface area contributed by atoms with Crippen LogP contribution in [0.3, 0.4) is 0 Å². The first-order chi connectivity index (χ1) is 13.9. The molecule has 1 saturated heterocycles. The van der Waals surface area contributed by atoms with E-state index in [1.807, 2.05) is 17.0 Å². The van der Waals surface area contributed by atoms with Crippen molar-refractivity contribution >= 4 is 22.8 Å². The highest BCUT2D eigenvalue weighted by Crippen LogP contribution is 2.58. The molecule has 4 rings (SSSR count). The summed E-state index contributed by atoms with van der Waals surface area (Å²) in [5, 5.41) is 8.94. The summed E-state index contributed by atoms with van der Waals surface area (Å²) in [5.74, 6) is -0.0725. The number of hydroxylamine groups is 1. The predicted molar refractivity (Wildman–Crippen MR) is 109 cm³/mol. The number of rotatable bonds is 7. The van der Waals surface area contributed by atoms with Crippen molar-refractivity contribution in [2.24, 2.45) is 11.3 Å². The fraction of sp³-hybridized carbons (Fsp3) is 0.591. The molecule has 1 aliphatic carbocycles. The largest absolute Gasteiger partial charge is 0.340 e. The van der Waals surface area contributed by atoms with Crippen LogP contribution in [0.25, 0.3) is 11.0 Å². The van der Waals surface area contributed by atoms with Gasteiger partial charge in [-0.05, 0) is 55.7 Å². The van der Waals surface area contributed by atoms with Crippen LogP contribution in [0.5, 0.6) is 0 Å². The molecule has 1 spiro atoms. The Morgan fingerprint density at radius 3 is 2.90 bits per heavy atom. The summed E-state index contributed by atoms with van der Waals surface area (Å²) >= 11 is 0. The topological polar surface area (TPSA) is 98.3 Å². The van der Waals surface area contributed by atoms with Gasteiger partial charge in [0.25, 0.3) is 0 Å². The number of H-pyrrole nitrogens is 1. The number of amides is 2. The third kappa shape index (κ3) is 4.01. The summed E-state index contributed by atoms with van der Waals surface area (Å²) in [7, 11) is 0. The summed E-state index contributed by atoms with van der Waals surface area (Å²) in [5.41, 5.74) is 4.97. The Hall–Kier alpha value is -2.41. The fourth-order valence-electron chi connectivity index (χ4n) is 4.64. The molecule has 1 aromatic carbocycles. The highest BCUT2D eigenvalue weighted by Gasteiger charge is 2.54. The van der Waals surface area contributed by atoms with Crippen LogP contribution in [0.1, 0.15) is 69.3 Å². The van der Waals surface area contributed by atoms with Crippen molar-refractivity contribution in [2.75, 3.05) is 6.54 Å². The Morgan fingerprint density at radius 1 is 1.41 bits per heavy atom. The van der Waals surface area contributed by atoms with Gasteiger partial charge in [0.05, 0.1) is 17.1 Å². The number of unbranched alkanes of at least 4 members (excludes halogenated alkanes) is 1. The van der Waals surface area contributed by atoms with E-state index < -0.39 is 11.8 Å². The molecule has 2 fully saturated rings. The summed E-state index contributed by atoms with van der Waals surface area (Å²) in [6, 6.07) is 6.05. The molecule has 2 aliphatic rings. The molecule has 1 aliphatic heterocycles. The summed E-state index contributed by atoms with van der Waals surface area (Å²) < 4.78 is 0. The van der Waals surface area contributed by atoms with E-state index in [0.29, 0.717) is 6.42 Å². The minimum atomic E-state index is -0.504. The number of carbonyl (C=O) groups is 2. The first kappa shape index (κ1) is 19.9. The van der Waals surface area contributed by atoms with Gasteiger partial charge in [-0.1, -0.05) is 25.8 Å². The number of nitrogens with zero attached hydrogens (tertiary/aromatic N) is 2. The number of nitrogens with one attached hydrogen (secondary N) is 2. The molecule has 0 radical (unpaired) electrons. The van der Waals surface area contributed by atoms with Gasteiger partial charge in [-0.3, -0.25) is 14.8 Å². The number of carbonyl (C=O) groups excluding carboxylic acids is 2. The van der Waals surface area contributed by atoms with Crippen LogP contribution in [-0.4, -0.2) is 38.4 Å². The number of fused-ring (bicyclic) bond motifs is 1. The minimum Gasteiger partial charge on any atom is -0.340 e. The van der Waals surface area contributed by atoms with Crippen molar-refractivity contribution in [3.63, 3.8) is 0 Å². The highest BCUT2D eigenvalue weighted by atomic mass is 16.5. The zero-order valence-corrected chi connectivity index (χ0v) is 17.2. The highest BCUT2D eigenvalue weighted by molar-refractivity contribution is 5.86. The second kappa shape index (κ2) is 7.78. The number of aryl methyl sites for hydroxylation is 1. The van der Waals surface area contributed by atoms with Gasteiger partial charge in [-0.25, -0.2) is 10.5 Å². The maximum absolute atomic E-state index is 13.5. The van der Waals surface area contributed by atoms with Crippen molar-refractivity contribution in [3.05, 3.63) is 29.6 Å². The molecule has 2 amide bonds. The zero-order chi connectivity index (χ0) is 20.6. The first-order valence-corrected chi connectivity index (χ1v) is 10.6. The van der Waals surface area contributed by atoms with Crippen molar-refractivity contribution in [1.82, 2.24) is 20.3 Å². The lowest BCUT2D eigenvalue weighted by molar-refractivity contribution is -0.141. The standard InChI is InChI=1S/C22H30N4O3/c1-3-4-5-15(11-19(27)25-29)21(28)26-13-22(8-9-22)12-18(26)20-23-16-7-6-14(2)10-17(16)24-20/h6-7,10,15,18,29H,3-5,8-9,11-13H2,1-2H3,(H,23,24)(H,25,27)/t15-,18-/m1/s1. The summed E-state index contributed by atoms with van der Waals surface area (Å²) in [4.78, 5) is 35.5. The molecular formula is C22H30N4O3. The lowest BCUT2D eigenvalue weighted by atomic mass is 9.96. The van der Waals surface area contributed by atoms with Crippen molar-refractivity contribution in [2.45, 2.75) is 64.8 Å². The number of aromatic nitrogens is 2. The molecule has 156 valence electrons. The molecule has 2 heterocycles. The number of likely N-dealkylation sites (tertiary alicyclic amines) is 1.